The van der Waals surface area contributed by atoms with Crippen molar-refractivity contribution in [2.75, 3.05) is 6.61 Å². The molecule has 76 valence electrons. The summed E-state index contributed by atoms with van der Waals surface area (Å²) in [5.74, 6) is 0. The van der Waals surface area contributed by atoms with E-state index >= 15 is 0 Å². The van der Waals surface area contributed by atoms with Crippen LogP contribution in [-0.4, -0.2) is 16.7 Å². The Bertz CT molecular complexity index is 497. The Morgan fingerprint density at radius 3 is 2.93 bits per heavy atom. The highest BCUT2D eigenvalue weighted by Crippen LogP contribution is 2.18. The molecule has 0 saturated heterocycles. The number of hydrogen-bond donors (Lipinski definition) is 1. The Morgan fingerprint density at radius 2 is 2.13 bits per heavy atom. The topological polar surface area (TPSA) is 33.1 Å². The third-order valence-corrected chi connectivity index (χ3v) is 2.33. The van der Waals surface area contributed by atoms with E-state index in [0.29, 0.717) is 0 Å². The molecule has 0 fully saturated rings. The Morgan fingerprint density at radius 1 is 1.33 bits per heavy atom. The summed E-state index contributed by atoms with van der Waals surface area (Å²) < 4.78 is 0. The van der Waals surface area contributed by atoms with Crippen LogP contribution in [0.3, 0.4) is 0 Å². The van der Waals surface area contributed by atoms with Crippen molar-refractivity contribution in [1.82, 2.24) is 4.98 Å². The van der Waals surface area contributed by atoms with Gasteiger partial charge in [0, 0.05) is 11.6 Å². The van der Waals surface area contributed by atoms with Crippen molar-refractivity contribution in [3.05, 3.63) is 47.7 Å². The predicted molar refractivity (Wildman–Crippen MR) is 62.5 cm³/mol. The molecule has 1 aromatic heterocycles. The normalized spacial score (nSPS) is 12.0. The molecule has 0 aliphatic carbocycles. The van der Waals surface area contributed by atoms with Gasteiger partial charge in [-0.3, -0.25) is 4.98 Å². The molecule has 0 unspecified atom stereocenters. The van der Waals surface area contributed by atoms with Crippen molar-refractivity contribution in [2.24, 2.45) is 0 Å². The molecule has 0 amide bonds. The van der Waals surface area contributed by atoms with E-state index in [1.165, 1.54) is 0 Å². The zero-order valence-corrected chi connectivity index (χ0v) is 8.64. The minimum absolute atomic E-state index is 0.0939. The van der Waals surface area contributed by atoms with Gasteiger partial charge in [0.25, 0.3) is 0 Å². The van der Waals surface area contributed by atoms with Crippen molar-refractivity contribution in [1.29, 1.82) is 0 Å². The van der Waals surface area contributed by atoms with E-state index in [2.05, 4.69) is 4.98 Å². The first-order valence-corrected chi connectivity index (χ1v) is 4.93. The molecule has 2 rings (SSSR count). The van der Waals surface area contributed by atoms with Crippen molar-refractivity contribution in [2.45, 2.75) is 6.92 Å². The summed E-state index contributed by atoms with van der Waals surface area (Å²) in [5, 5.41) is 10.1. The van der Waals surface area contributed by atoms with Crippen molar-refractivity contribution < 1.29 is 5.11 Å². The van der Waals surface area contributed by atoms with E-state index in [-0.39, 0.29) is 6.61 Å². The molecular formula is C13H13NO. The van der Waals surface area contributed by atoms with Crippen LogP contribution >= 0.6 is 0 Å². The van der Waals surface area contributed by atoms with Gasteiger partial charge < -0.3 is 5.11 Å². The number of pyridine rings is 1. The van der Waals surface area contributed by atoms with Crippen LogP contribution in [0.1, 0.15) is 12.5 Å². The van der Waals surface area contributed by atoms with Gasteiger partial charge in [-0.25, -0.2) is 0 Å². The van der Waals surface area contributed by atoms with E-state index in [1.807, 2.05) is 43.3 Å². The Kier molecular flexibility index (Phi) is 2.79. The van der Waals surface area contributed by atoms with E-state index in [1.54, 1.807) is 6.20 Å². The molecule has 0 aliphatic rings. The van der Waals surface area contributed by atoms with Crippen molar-refractivity contribution >= 4 is 17.0 Å². The summed E-state index contributed by atoms with van der Waals surface area (Å²) in [7, 11) is 0. The lowest BCUT2D eigenvalue weighted by Gasteiger charge is -2.02. The van der Waals surface area contributed by atoms with Gasteiger partial charge >= 0.3 is 0 Å². The average Bonchev–Trinajstić information content (AvgIpc) is 2.29. The zero-order chi connectivity index (χ0) is 10.7. The average molecular weight is 199 g/mol. The van der Waals surface area contributed by atoms with Crippen molar-refractivity contribution in [3.8, 4) is 0 Å². The SMILES string of the molecule is C/C(=C\c1ccnc2ccccc12)CO. The quantitative estimate of drug-likeness (QED) is 0.806. The number of aromatic nitrogens is 1. The summed E-state index contributed by atoms with van der Waals surface area (Å²) in [6, 6.07) is 9.96. The Labute approximate surface area is 88.9 Å². The van der Waals surface area contributed by atoms with Crippen LogP contribution < -0.4 is 0 Å². The maximum atomic E-state index is 8.98. The fraction of sp³-hybridized carbons (Fsp3) is 0.154. The first-order valence-electron chi connectivity index (χ1n) is 4.93. The first-order chi connectivity index (χ1) is 7.31. The van der Waals surface area contributed by atoms with Crippen LogP contribution in [-0.2, 0) is 0 Å². The molecule has 2 heteroatoms. The molecule has 0 saturated carbocycles. The minimum atomic E-state index is 0.0939. The maximum Gasteiger partial charge on any atom is 0.0707 e. The van der Waals surface area contributed by atoms with Crippen LogP contribution in [0.2, 0.25) is 0 Å². The third kappa shape index (κ3) is 2.05. The van der Waals surface area contributed by atoms with Gasteiger partial charge in [0.05, 0.1) is 12.1 Å². The molecule has 0 radical (unpaired) electrons. The van der Waals surface area contributed by atoms with E-state index in [4.69, 9.17) is 5.11 Å². The lowest BCUT2D eigenvalue weighted by atomic mass is 10.1. The second-order valence-corrected chi connectivity index (χ2v) is 3.57. The number of para-hydroxylation sites is 1. The largest absolute Gasteiger partial charge is 0.392 e. The minimum Gasteiger partial charge on any atom is -0.392 e. The number of hydrogen-bond acceptors (Lipinski definition) is 2. The molecule has 2 aromatic rings. The van der Waals surface area contributed by atoms with Crippen LogP contribution in [0.15, 0.2) is 42.1 Å². The standard InChI is InChI=1S/C13H13NO/c1-10(9-15)8-11-6-7-14-13-5-3-2-4-12(11)13/h2-8,15H,9H2,1H3/b10-8+. The maximum absolute atomic E-state index is 8.98. The number of rotatable bonds is 2. The zero-order valence-electron chi connectivity index (χ0n) is 8.64. The van der Waals surface area contributed by atoms with Gasteiger partial charge in [-0.2, -0.15) is 0 Å². The Hall–Kier alpha value is -1.67. The number of fused-ring (bicyclic) bond motifs is 1. The number of benzene rings is 1. The summed E-state index contributed by atoms with van der Waals surface area (Å²) in [4.78, 5) is 4.28. The van der Waals surface area contributed by atoms with E-state index in [0.717, 1.165) is 22.0 Å². The fourth-order valence-corrected chi connectivity index (χ4v) is 1.55. The highest BCUT2D eigenvalue weighted by molar-refractivity contribution is 5.87. The summed E-state index contributed by atoms with van der Waals surface area (Å²) in [6.07, 6.45) is 3.78. The van der Waals surface area contributed by atoms with Crippen LogP contribution in [0, 0.1) is 0 Å². The van der Waals surface area contributed by atoms with Crippen LogP contribution in [0.5, 0.6) is 0 Å². The van der Waals surface area contributed by atoms with Crippen LogP contribution in [0.25, 0.3) is 17.0 Å². The van der Waals surface area contributed by atoms with Crippen molar-refractivity contribution in [3.63, 3.8) is 0 Å². The van der Waals surface area contributed by atoms with Gasteiger partial charge in [0.2, 0.25) is 0 Å². The highest BCUT2D eigenvalue weighted by Gasteiger charge is 1.98. The van der Waals surface area contributed by atoms with Gasteiger partial charge in [-0.15, -0.1) is 0 Å². The predicted octanol–water partition coefficient (Wildman–Crippen LogP) is 2.63. The molecule has 15 heavy (non-hydrogen) atoms. The number of aliphatic hydroxyl groups excluding tert-OH is 1. The van der Waals surface area contributed by atoms with E-state index in [9.17, 15) is 0 Å². The van der Waals surface area contributed by atoms with Gasteiger partial charge in [-0.05, 0) is 30.2 Å². The monoisotopic (exact) mass is 199 g/mol. The molecule has 1 N–H and O–H groups in total. The fourth-order valence-electron chi connectivity index (χ4n) is 1.55. The molecule has 0 bridgehead atoms. The molecule has 0 aliphatic heterocycles. The second-order valence-electron chi connectivity index (χ2n) is 3.57. The van der Waals surface area contributed by atoms with Gasteiger partial charge in [0.1, 0.15) is 0 Å². The highest BCUT2D eigenvalue weighted by atomic mass is 16.3. The smallest absolute Gasteiger partial charge is 0.0707 e. The molecule has 1 heterocycles. The summed E-state index contributed by atoms with van der Waals surface area (Å²) >= 11 is 0. The Balaban J connectivity index is 2.61. The van der Waals surface area contributed by atoms with Crippen LogP contribution in [0.4, 0.5) is 0 Å². The third-order valence-electron chi connectivity index (χ3n) is 2.33. The second kappa shape index (κ2) is 4.24. The molecule has 2 nitrogen and oxygen atoms in total. The summed E-state index contributed by atoms with van der Waals surface area (Å²) in [5.41, 5.74) is 3.04. The number of aliphatic hydroxyl groups is 1. The molecular weight excluding hydrogens is 186 g/mol. The van der Waals surface area contributed by atoms with Gasteiger partial charge in [-0.1, -0.05) is 24.3 Å². The summed E-state index contributed by atoms with van der Waals surface area (Å²) in [6.45, 7) is 2.01. The molecule has 0 atom stereocenters. The van der Waals surface area contributed by atoms with E-state index < -0.39 is 0 Å². The first kappa shape index (κ1) is 9.87. The number of nitrogens with zero attached hydrogens (tertiary/aromatic N) is 1. The van der Waals surface area contributed by atoms with Gasteiger partial charge in [0.15, 0.2) is 0 Å². The lowest BCUT2D eigenvalue weighted by molar-refractivity contribution is 0.332. The molecule has 0 spiro atoms. The molecule has 1 aromatic carbocycles. The lowest BCUT2D eigenvalue weighted by Crippen LogP contribution is -1.86.